The van der Waals surface area contributed by atoms with E-state index in [1.165, 1.54) is 0 Å². The van der Waals surface area contributed by atoms with Gasteiger partial charge in [0.2, 0.25) is 5.91 Å². The van der Waals surface area contributed by atoms with Gasteiger partial charge in [0.25, 0.3) is 0 Å². The van der Waals surface area contributed by atoms with E-state index in [0.717, 1.165) is 6.42 Å². The largest absolute Gasteiger partial charge is 0.480 e. The SMILES string of the molecule is CC1OCCC1C(=O)N1CCN(C(C)C(=O)O)CC1. The van der Waals surface area contributed by atoms with Crippen molar-refractivity contribution >= 4 is 11.9 Å². The van der Waals surface area contributed by atoms with Crippen molar-refractivity contribution in [1.82, 2.24) is 9.80 Å². The Hall–Kier alpha value is -1.14. The minimum absolute atomic E-state index is 0.00322. The predicted octanol–water partition coefficient (Wildman–Crippen LogP) is 0.0287. The molecule has 6 heteroatoms. The van der Waals surface area contributed by atoms with E-state index in [-0.39, 0.29) is 17.9 Å². The van der Waals surface area contributed by atoms with Gasteiger partial charge >= 0.3 is 5.97 Å². The Morgan fingerprint density at radius 2 is 1.89 bits per heavy atom. The number of nitrogens with zero attached hydrogens (tertiary/aromatic N) is 2. The number of amides is 1. The molecule has 0 aromatic heterocycles. The molecule has 1 N–H and O–H groups in total. The van der Waals surface area contributed by atoms with Crippen LogP contribution in [0.2, 0.25) is 0 Å². The Kier molecular flexibility index (Phi) is 4.42. The zero-order chi connectivity index (χ0) is 14.0. The van der Waals surface area contributed by atoms with Crippen LogP contribution in [0.25, 0.3) is 0 Å². The van der Waals surface area contributed by atoms with Crippen molar-refractivity contribution in [3.63, 3.8) is 0 Å². The third kappa shape index (κ3) is 3.06. The topological polar surface area (TPSA) is 70.1 Å². The van der Waals surface area contributed by atoms with Gasteiger partial charge in [-0.05, 0) is 20.3 Å². The molecule has 19 heavy (non-hydrogen) atoms. The van der Waals surface area contributed by atoms with Crippen LogP contribution < -0.4 is 0 Å². The van der Waals surface area contributed by atoms with Crippen LogP contribution in [0.3, 0.4) is 0 Å². The van der Waals surface area contributed by atoms with Gasteiger partial charge < -0.3 is 14.7 Å². The third-order valence-corrected chi connectivity index (χ3v) is 4.22. The zero-order valence-corrected chi connectivity index (χ0v) is 11.5. The monoisotopic (exact) mass is 270 g/mol. The number of piperazine rings is 1. The van der Waals surface area contributed by atoms with E-state index < -0.39 is 12.0 Å². The zero-order valence-electron chi connectivity index (χ0n) is 11.5. The van der Waals surface area contributed by atoms with Crippen LogP contribution >= 0.6 is 0 Å². The normalized spacial score (nSPS) is 30.3. The molecule has 2 heterocycles. The van der Waals surface area contributed by atoms with E-state index in [1.807, 2.05) is 16.7 Å². The third-order valence-electron chi connectivity index (χ3n) is 4.22. The predicted molar refractivity (Wildman–Crippen MR) is 68.8 cm³/mol. The number of carboxylic acids is 1. The van der Waals surface area contributed by atoms with Gasteiger partial charge in [0, 0.05) is 32.8 Å². The van der Waals surface area contributed by atoms with Crippen LogP contribution in [-0.2, 0) is 14.3 Å². The lowest BCUT2D eigenvalue weighted by molar-refractivity contribution is -0.144. The van der Waals surface area contributed by atoms with Gasteiger partial charge in [-0.1, -0.05) is 0 Å². The van der Waals surface area contributed by atoms with Crippen LogP contribution in [0.15, 0.2) is 0 Å². The highest BCUT2D eigenvalue weighted by atomic mass is 16.5. The molecule has 2 aliphatic heterocycles. The number of carbonyl (C=O) groups is 2. The van der Waals surface area contributed by atoms with Crippen LogP contribution in [-0.4, -0.2) is 71.7 Å². The fourth-order valence-electron chi connectivity index (χ4n) is 2.78. The second-order valence-electron chi connectivity index (χ2n) is 5.35. The average molecular weight is 270 g/mol. The van der Waals surface area contributed by atoms with Crippen molar-refractivity contribution in [3.8, 4) is 0 Å². The minimum Gasteiger partial charge on any atom is -0.480 e. The molecule has 3 unspecified atom stereocenters. The van der Waals surface area contributed by atoms with Gasteiger partial charge in [0.05, 0.1) is 12.0 Å². The standard InChI is InChI=1S/C13H22N2O4/c1-9(13(17)18)14-4-6-15(7-5-14)12(16)11-3-8-19-10(11)2/h9-11H,3-8H2,1-2H3,(H,17,18). The van der Waals surface area contributed by atoms with Gasteiger partial charge in [0.1, 0.15) is 6.04 Å². The summed E-state index contributed by atoms with van der Waals surface area (Å²) in [5, 5.41) is 8.98. The summed E-state index contributed by atoms with van der Waals surface area (Å²) in [6.07, 6.45) is 0.801. The maximum absolute atomic E-state index is 12.3. The minimum atomic E-state index is -0.808. The lowest BCUT2D eigenvalue weighted by Gasteiger charge is -2.37. The van der Waals surface area contributed by atoms with E-state index in [2.05, 4.69) is 0 Å². The molecule has 108 valence electrons. The Labute approximate surface area is 113 Å². The lowest BCUT2D eigenvalue weighted by atomic mass is 10.0. The summed E-state index contributed by atoms with van der Waals surface area (Å²) >= 11 is 0. The molecule has 0 saturated carbocycles. The molecular weight excluding hydrogens is 248 g/mol. The first-order chi connectivity index (χ1) is 9.00. The summed E-state index contributed by atoms with van der Waals surface area (Å²) in [4.78, 5) is 27.0. The van der Waals surface area contributed by atoms with Gasteiger partial charge in [-0.15, -0.1) is 0 Å². The molecular formula is C13H22N2O4. The molecule has 3 atom stereocenters. The maximum atomic E-state index is 12.3. The number of rotatable bonds is 3. The Morgan fingerprint density at radius 1 is 1.26 bits per heavy atom. The second-order valence-corrected chi connectivity index (χ2v) is 5.35. The number of hydrogen-bond acceptors (Lipinski definition) is 4. The lowest BCUT2D eigenvalue weighted by Crippen LogP contribution is -2.54. The van der Waals surface area contributed by atoms with Crippen LogP contribution in [0.1, 0.15) is 20.3 Å². The van der Waals surface area contributed by atoms with Crippen LogP contribution in [0.4, 0.5) is 0 Å². The Morgan fingerprint density at radius 3 is 2.37 bits per heavy atom. The quantitative estimate of drug-likeness (QED) is 0.783. The Bertz CT molecular complexity index is 353. The molecule has 0 spiro atoms. The van der Waals surface area contributed by atoms with E-state index in [9.17, 15) is 9.59 Å². The maximum Gasteiger partial charge on any atom is 0.320 e. The molecule has 2 aliphatic rings. The van der Waals surface area contributed by atoms with Crippen molar-refractivity contribution in [3.05, 3.63) is 0 Å². The van der Waals surface area contributed by atoms with Crippen LogP contribution in [0.5, 0.6) is 0 Å². The number of ether oxygens (including phenoxy) is 1. The number of carbonyl (C=O) groups excluding carboxylic acids is 1. The first-order valence-electron chi connectivity index (χ1n) is 6.88. The van der Waals surface area contributed by atoms with Gasteiger partial charge in [-0.25, -0.2) is 0 Å². The number of aliphatic carboxylic acids is 1. The second kappa shape index (κ2) is 5.88. The molecule has 6 nitrogen and oxygen atoms in total. The van der Waals surface area contributed by atoms with E-state index in [4.69, 9.17) is 9.84 Å². The fraction of sp³-hybridized carbons (Fsp3) is 0.846. The van der Waals surface area contributed by atoms with Crippen molar-refractivity contribution in [2.45, 2.75) is 32.4 Å². The van der Waals surface area contributed by atoms with Gasteiger partial charge in [0.15, 0.2) is 0 Å². The van der Waals surface area contributed by atoms with Crippen molar-refractivity contribution in [1.29, 1.82) is 0 Å². The molecule has 1 amide bonds. The fourth-order valence-corrected chi connectivity index (χ4v) is 2.78. The highest BCUT2D eigenvalue weighted by molar-refractivity contribution is 5.80. The summed E-state index contributed by atoms with van der Waals surface area (Å²) in [5.74, 6) is -0.673. The summed E-state index contributed by atoms with van der Waals surface area (Å²) in [6, 6.07) is -0.481. The Balaban J connectivity index is 1.86. The first kappa shape index (κ1) is 14.3. The van der Waals surface area contributed by atoms with E-state index in [1.54, 1.807) is 6.92 Å². The molecule has 2 rings (SSSR count). The molecule has 0 bridgehead atoms. The molecule has 2 fully saturated rings. The van der Waals surface area contributed by atoms with E-state index >= 15 is 0 Å². The molecule has 2 saturated heterocycles. The van der Waals surface area contributed by atoms with Gasteiger partial charge in [-0.3, -0.25) is 14.5 Å². The average Bonchev–Trinajstić information content (AvgIpc) is 2.83. The summed E-state index contributed by atoms with van der Waals surface area (Å²) < 4.78 is 5.43. The molecule has 0 aromatic carbocycles. The molecule has 0 aromatic rings. The highest BCUT2D eigenvalue weighted by Crippen LogP contribution is 2.23. The van der Waals surface area contributed by atoms with E-state index in [0.29, 0.717) is 32.8 Å². The summed E-state index contributed by atoms with van der Waals surface area (Å²) in [7, 11) is 0. The highest BCUT2D eigenvalue weighted by Gasteiger charge is 2.35. The first-order valence-corrected chi connectivity index (χ1v) is 6.88. The van der Waals surface area contributed by atoms with Crippen molar-refractivity contribution in [2.24, 2.45) is 5.92 Å². The molecule has 0 radical (unpaired) electrons. The summed E-state index contributed by atoms with van der Waals surface area (Å²) in [5.41, 5.74) is 0. The summed E-state index contributed by atoms with van der Waals surface area (Å²) in [6.45, 7) is 6.76. The number of carboxylic acid groups (broad SMARTS) is 1. The van der Waals surface area contributed by atoms with Crippen molar-refractivity contribution in [2.75, 3.05) is 32.8 Å². The van der Waals surface area contributed by atoms with Crippen molar-refractivity contribution < 1.29 is 19.4 Å². The van der Waals surface area contributed by atoms with Gasteiger partial charge in [-0.2, -0.15) is 0 Å². The number of hydrogen-bond donors (Lipinski definition) is 1. The van der Waals surface area contributed by atoms with Crippen LogP contribution in [0, 0.1) is 5.92 Å². The smallest absolute Gasteiger partial charge is 0.320 e. The molecule has 0 aliphatic carbocycles.